The third-order valence-electron chi connectivity index (χ3n) is 7.56. The number of aromatic hydroxyl groups is 1. The minimum absolute atomic E-state index is 0.0475. The van der Waals surface area contributed by atoms with Gasteiger partial charge in [0.1, 0.15) is 16.9 Å². The number of fused-ring (bicyclic) bond motifs is 1. The molecule has 0 aliphatic heterocycles. The number of rotatable bonds is 4. The lowest BCUT2D eigenvalue weighted by molar-refractivity contribution is -0.110. The number of carbonyl (C=O) groups excluding carboxylic acids is 2. The second-order valence-corrected chi connectivity index (χ2v) is 9.74. The number of hydrogen-bond donors (Lipinski definition) is 3. The third kappa shape index (κ3) is 4.08. The Labute approximate surface area is 193 Å². The number of Topliss-reactive ketones (excluding diaryl/α,β-unsaturated/α-hetero) is 1. The van der Waals surface area contributed by atoms with E-state index in [2.05, 4.69) is 24.9 Å². The molecule has 6 heteroatoms. The third-order valence-corrected chi connectivity index (χ3v) is 7.56. The number of allylic oxidation sites excluding steroid dienone is 6. The molecule has 0 saturated heterocycles. The van der Waals surface area contributed by atoms with Crippen molar-refractivity contribution in [3.63, 3.8) is 0 Å². The van der Waals surface area contributed by atoms with E-state index in [0.717, 1.165) is 24.8 Å². The summed E-state index contributed by atoms with van der Waals surface area (Å²) < 4.78 is 0. The van der Waals surface area contributed by atoms with Crippen molar-refractivity contribution >= 4 is 11.6 Å². The van der Waals surface area contributed by atoms with Crippen molar-refractivity contribution < 1.29 is 19.8 Å². The van der Waals surface area contributed by atoms with Gasteiger partial charge >= 0.3 is 0 Å². The van der Waals surface area contributed by atoms with Gasteiger partial charge < -0.3 is 15.2 Å². The molecule has 5 atom stereocenters. The van der Waals surface area contributed by atoms with Gasteiger partial charge in [0.05, 0.1) is 5.56 Å². The lowest BCUT2D eigenvalue weighted by Gasteiger charge is -2.45. The number of nitrogens with one attached hydrogen (secondary N) is 1. The summed E-state index contributed by atoms with van der Waals surface area (Å²) in [4.78, 5) is 40.5. The molecule has 0 radical (unpaired) electrons. The molecule has 1 fully saturated rings. The highest BCUT2D eigenvalue weighted by Gasteiger charge is 2.44. The minimum Gasteiger partial charge on any atom is -0.506 e. The molecule has 0 aromatic carbocycles. The van der Waals surface area contributed by atoms with Gasteiger partial charge in [0.15, 0.2) is 11.6 Å². The van der Waals surface area contributed by atoms with Crippen LogP contribution in [0.4, 0.5) is 0 Å². The summed E-state index contributed by atoms with van der Waals surface area (Å²) in [6.45, 7) is 6.22. The number of aliphatic hydroxyl groups is 1. The second-order valence-electron chi connectivity index (χ2n) is 9.74. The summed E-state index contributed by atoms with van der Waals surface area (Å²) in [5, 5.41) is 22.0. The molecule has 1 heterocycles. The zero-order valence-electron chi connectivity index (χ0n) is 19.2. The van der Waals surface area contributed by atoms with Crippen molar-refractivity contribution in [2.75, 3.05) is 0 Å². The molecular formula is C27H31NO5. The zero-order valence-corrected chi connectivity index (χ0v) is 19.2. The molecule has 1 aromatic heterocycles. The van der Waals surface area contributed by atoms with Crippen LogP contribution in [0.1, 0.15) is 56.0 Å². The topological polar surface area (TPSA) is 107 Å². The lowest BCUT2D eigenvalue weighted by Crippen LogP contribution is -2.40. The van der Waals surface area contributed by atoms with Crippen LogP contribution in [0.25, 0.3) is 0 Å². The van der Waals surface area contributed by atoms with Crippen LogP contribution in [0.3, 0.4) is 0 Å². The Balaban J connectivity index is 1.79. The molecule has 0 bridgehead atoms. The summed E-state index contributed by atoms with van der Waals surface area (Å²) in [7, 11) is 0. The predicted molar refractivity (Wildman–Crippen MR) is 126 cm³/mol. The van der Waals surface area contributed by atoms with E-state index in [1.54, 1.807) is 0 Å². The minimum atomic E-state index is -1.80. The van der Waals surface area contributed by atoms with Gasteiger partial charge in [-0.2, -0.15) is 0 Å². The Morgan fingerprint density at radius 3 is 2.58 bits per heavy atom. The smallest absolute Gasteiger partial charge is 0.262 e. The first kappa shape index (κ1) is 23.2. The zero-order chi connectivity index (χ0) is 23.9. The quantitative estimate of drug-likeness (QED) is 0.476. The van der Waals surface area contributed by atoms with Gasteiger partial charge in [-0.3, -0.25) is 14.4 Å². The van der Waals surface area contributed by atoms with E-state index in [1.807, 2.05) is 19.1 Å². The number of carbonyl (C=O) groups is 2. The monoisotopic (exact) mass is 449 g/mol. The molecule has 6 nitrogen and oxygen atoms in total. The summed E-state index contributed by atoms with van der Waals surface area (Å²) in [6.07, 6.45) is 15.3. The lowest BCUT2D eigenvalue weighted by atomic mass is 9.59. The molecule has 0 spiro atoms. The van der Waals surface area contributed by atoms with Gasteiger partial charge in [-0.15, -0.1) is 0 Å². The first-order chi connectivity index (χ1) is 15.7. The Bertz CT molecular complexity index is 1140. The number of aromatic amines is 1. The van der Waals surface area contributed by atoms with Crippen molar-refractivity contribution in [1.29, 1.82) is 0 Å². The summed E-state index contributed by atoms with van der Waals surface area (Å²) in [5.41, 5.74) is -1.75. The molecule has 1 saturated carbocycles. The summed E-state index contributed by atoms with van der Waals surface area (Å²) in [5.74, 6) is -0.679. The number of ketones is 2. The van der Waals surface area contributed by atoms with Crippen molar-refractivity contribution in [2.24, 2.45) is 29.6 Å². The maximum atomic E-state index is 13.8. The predicted octanol–water partition coefficient (Wildman–Crippen LogP) is 3.97. The molecule has 3 aliphatic rings. The van der Waals surface area contributed by atoms with Gasteiger partial charge in [0.25, 0.3) is 5.56 Å². The van der Waals surface area contributed by atoms with Gasteiger partial charge in [-0.05, 0) is 74.7 Å². The van der Waals surface area contributed by atoms with Crippen LogP contribution in [0, 0.1) is 29.6 Å². The molecule has 0 amide bonds. The highest BCUT2D eigenvalue weighted by molar-refractivity contribution is 6.02. The molecule has 0 unspecified atom stereocenters. The van der Waals surface area contributed by atoms with E-state index < -0.39 is 28.6 Å². The average Bonchev–Trinajstić information content (AvgIpc) is 2.77. The van der Waals surface area contributed by atoms with Gasteiger partial charge in [-0.1, -0.05) is 37.1 Å². The maximum Gasteiger partial charge on any atom is 0.262 e. The Morgan fingerprint density at radius 1 is 1.21 bits per heavy atom. The van der Waals surface area contributed by atoms with Crippen LogP contribution in [0.2, 0.25) is 0 Å². The Kier molecular flexibility index (Phi) is 6.14. The average molecular weight is 450 g/mol. The van der Waals surface area contributed by atoms with Crippen LogP contribution >= 0.6 is 0 Å². The number of aromatic nitrogens is 1. The van der Waals surface area contributed by atoms with Crippen LogP contribution in [-0.2, 0) is 10.4 Å². The Morgan fingerprint density at radius 2 is 1.91 bits per heavy atom. The number of H-pyrrole nitrogens is 1. The first-order valence-electron chi connectivity index (χ1n) is 11.6. The van der Waals surface area contributed by atoms with Crippen molar-refractivity contribution in [1.82, 2.24) is 4.98 Å². The van der Waals surface area contributed by atoms with E-state index in [4.69, 9.17) is 0 Å². The van der Waals surface area contributed by atoms with Crippen LogP contribution in [-0.4, -0.2) is 26.8 Å². The van der Waals surface area contributed by atoms with Gasteiger partial charge in [-0.25, -0.2) is 0 Å². The van der Waals surface area contributed by atoms with Crippen molar-refractivity contribution in [3.05, 3.63) is 75.8 Å². The van der Waals surface area contributed by atoms with Crippen molar-refractivity contribution in [3.8, 4) is 5.75 Å². The molecule has 3 aliphatic carbocycles. The molecule has 33 heavy (non-hydrogen) atoms. The number of hydrogen-bond acceptors (Lipinski definition) is 5. The van der Waals surface area contributed by atoms with E-state index in [1.165, 1.54) is 30.5 Å². The number of pyridine rings is 1. The summed E-state index contributed by atoms with van der Waals surface area (Å²) >= 11 is 0. The van der Waals surface area contributed by atoms with Crippen LogP contribution in [0.5, 0.6) is 5.75 Å². The van der Waals surface area contributed by atoms with E-state index >= 15 is 0 Å². The SMILES string of the molecule is C/C=C/[C@@H]1[C@H]2C[C@@H](C)CC[C@@H]2C(C)=C[C@H]1C(=O)c1c(O)c(C2(O)C=CC(=O)C=C2)c[nH]c1=O. The first-order valence-corrected chi connectivity index (χ1v) is 11.6. The fourth-order valence-corrected chi connectivity index (χ4v) is 5.87. The van der Waals surface area contributed by atoms with E-state index in [-0.39, 0.29) is 22.8 Å². The molecular weight excluding hydrogens is 418 g/mol. The largest absolute Gasteiger partial charge is 0.506 e. The molecule has 174 valence electrons. The fraction of sp³-hybridized carbons (Fsp3) is 0.444. The summed E-state index contributed by atoms with van der Waals surface area (Å²) in [6, 6.07) is 0. The highest BCUT2D eigenvalue weighted by atomic mass is 16.3. The Hall–Kier alpha value is -2.99. The molecule has 3 N–H and O–H groups in total. The standard InChI is InChI=1S/C27H31NO5/c1-4-5-19-20-12-15(2)6-7-18(20)16(3)13-21(19)24(30)23-25(31)22(14-28-26(23)32)27(33)10-8-17(29)9-11-27/h4-5,8-11,13-15,18-21,33H,6-7,12H2,1-3H3,(H2,28,31,32)/b5-4+/t15-,18+,19+,20-,21+/m0/s1. The second kappa shape index (κ2) is 8.75. The van der Waals surface area contributed by atoms with Gasteiger partial charge in [0, 0.05) is 12.1 Å². The van der Waals surface area contributed by atoms with E-state index in [9.17, 15) is 24.6 Å². The highest BCUT2D eigenvalue weighted by Crippen LogP contribution is 2.49. The van der Waals surface area contributed by atoms with Crippen molar-refractivity contribution in [2.45, 2.75) is 45.6 Å². The maximum absolute atomic E-state index is 13.8. The van der Waals surface area contributed by atoms with Crippen LogP contribution < -0.4 is 5.56 Å². The normalized spacial score (nSPS) is 30.8. The van der Waals surface area contributed by atoms with E-state index in [0.29, 0.717) is 17.8 Å². The fourth-order valence-electron chi connectivity index (χ4n) is 5.87. The van der Waals surface area contributed by atoms with Gasteiger partial charge in [0.2, 0.25) is 0 Å². The van der Waals surface area contributed by atoms with Crippen LogP contribution in [0.15, 0.2) is 59.1 Å². The molecule has 1 aromatic rings. The molecule has 4 rings (SSSR count).